The minimum absolute atomic E-state index is 0.00309. The highest BCUT2D eigenvalue weighted by Crippen LogP contribution is 2.24. The van der Waals surface area contributed by atoms with Crippen LogP contribution in [0, 0.1) is 0 Å². The van der Waals surface area contributed by atoms with E-state index in [1.165, 1.54) is 0 Å². The van der Waals surface area contributed by atoms with Crippen molar-refractivity contribution in [3.63, 3.8) is 0 Å². The summed E-state index contributed by atoms with van der Waals surface area (Å²) in [5.41, 5.74) is 1.99. The van der Waals surface area contributed by atoms with Crippen molar-refractivity contribution in [3.05, 3.63) is 63.4 Å². The van der Waals surface area contributed by atoms with E-state index in [0.717, 1.165) is 26.9 Å². The van der Waals surface area contributed by atoms with Crippen molar-refractivity contribution in [2.75, 3.05) is 6.54 Å². The number of amides is 1. The molecule has 0 aliphatic rings. The number of rotatable bonds is 6. The summed E-state index contributed by atoms with van der Waals surface area (Å²) in [6, 6.07) is 11.3. The molecule has 3 heterocycles. The quantitative estimate of drug-likeness (QED) is 0.528. The van der Waals surface area contributed by atoms with E-state index >= 15 is 0 Å². The fraction of sp³-hybridized carbons (Fsp3) is 0.167. The highest BCUT2D eigenvalue weighted by molar-refractivity contribution is 7.15. The van der Waals surface area contributed by atoms with E-state index in [0.29, 0.717) is 24.4 Å². The zero-order valence-corrected chi connectivity index (χ0v) is 16.1. The van der Waals surface area contributed by atoms with Crippen molar-refractivity contribution in [2.24, 2.45) is 0 Å². The summed E-state index contributed by atoms with van der Waals surface area (Å²) >= 11 is 9.05. The summed E-state index contributed by atoms with van der Waals surface area (Å²) in [5.74, 6) is 0.747. The third kappa shape index (κ3) is 3.80. The van der Waals surface area contributed by atoms with Gasteiger partial charge in [-0.25, -0.2) is 4.52 Å². The third-order valence-corrected chi connectivity index (χ3v) is 5.86. The molecule has 0 saturated carbocycles. The average Bonchev–Trinajstić information content (AvgIpc) is 3.34. The minimum Gasteiger partial charge on any atom is -0.355 e. The number of benzene rings is 1. The first kappa shape index (κ1) is 17.2. The molecule has 8 heteroatoms. The van der Waals surface area contributed by atoms with E-state index in [9.17, 15) is 4.79 Å². The van der Waals surface area contributed by atoms with Gasteiger partial charge in [-0.05, 0) is 29.1 Å². The van der Waals surface area contributed by atoms with Crippen molar-refractivity contribution in [2.45, 2.75) is 12.8 Å². The first-order valence-corrected chi connectivity index (χ1v) is 10.2. The molecule has 3 aromatic heterocycles. The normalized spacial score (nSPS) is 11.1. The Labute approximate surface area is 163 Å². The highest BCUT2D eigenvalue weighted by Gasteiger charge is 2.12. The lowest BCUT2D eigenvalue weighted by molar-refractivity contribution is -0.120. The van der Waals surface area contributed by atoms with E-state index < -0.39 is 0 Å². The lowest BCUT2D eigenvalue weighted by atomic mass is 10.1. The Kier molecular flexibility index (Phi) is 5.01. The Hall–Kier alpha value is -2.22. The van der Waals surface area contributed by atoms with E-state index in [4.69, 9.17) is 11.6 Å². The van der Waals surface area contributed by atoms with E-state index in [-0.39, 0.29) is 5.91 Å². The van der Waals surface area contributed by atoms with Crippen LogP contribution in [0.2, 0.25) is 5.02 Å². The van der Waals surface area contributed by atoms with Crippen LogP contribution in [0.15, 0.2) is 47.2 Å². The van der Waals surface area contributed by atoms with Crippen LogP contribution < -0.4 is 5.32 Å². The third-order valence-electron chi connectivity index (χ3n) is 3.87. The largest absolute Gasteiger partial charge is 0.355 e. The summed E-state index contributed by atoms with van der Waals surface area (Å²) in [6.07, 6.45) is 1.06. The first-order valence-electron chi connectivity index (χ1n) is 8.07. The minimum atomic E-state index is -0.00309. The predicted octanol–water partition coefficient (Wildman–Crippen LogP) is 4.07. The Morgan fingerprint density at radius 3 is 2.81 bits per heavy atom. The van der Waals surface area contributed by atoms with Crippen molar-refractivity contribution in [3.8, 4) is 10.7 Å². The number of hydrogen-bond donors (Lipinski definition) is 1. The van der Waals surface area contributed by atoms with Crippen LogP contribution in [0.1, 0.15) is 11.3 Å². The molecule has 0 aliphatic carbocycles. The van der Waals surface area contributed by atoms with Gasteiger partial charge in [0.15, 0.2) is 5.82 Å². The van der Waals surface area contributed by atoms with Crippen molar-refractivity contribution in [1.29, 1.82) is 0 Å². The molecule has 26 heavy (non-hydrogen) atoms. The molecule has 1 amide bonds. The molecule has 1 aromatic carbocycles. The fourth-order valence-electron chi connectivity index (χ4n) is 2.59. The van der Waals surface area contributed by atoms with Gasteiger partial charge in [0.25, 0.3) is 0 Å². The molecule has 0 atom stereocenters. The van der Waals surface area contributed by atoms with Crippen LogP contribution in [0.3, 0.4) is 0 Å². The van der Waals surface area contributed by atoms with Crippen molar-refractivity contribution >= 4 is 45.1 Å². The SMILES string of the molecule is O=C(Cc1ccc(Cl)cc1)NCCc1csc2nc(-c3cccs3)nn12. The number of fused-ring (bicyclic) bond motifs is 1. The molecule has 0 radical (unpaired) electrons. The van der Waals surface area contributed by atoms with Gasteiger partial charge in [0, 0.05) is 23.4 Å². The standard InChI is InChI=1S/C18H15ClN4OS2/c19-13-5-3-12(4-6-13)10-16(24)20-8-7-14-11-26-18-21-17(22-23(14)18)15-2-1-9-25-15/h1-6,9,11H,7-8,10H2,(H,20,24). The number of nitrogens with zero attached hydrogens (tertiary/aromatic N) is 3. The van der Waals surface area contributed by atoms with Gasteiger partial charge in [-0.15, -0.1) is 27.8 Å². The zero-order chi connectivity index (χ0) is 17.9. The lowest BCUT2D eigenvalue weighted by Crippen LogP contribution is -2.27. The summed E-state index contributed by atoms with van der Waals surface area (Å²) in [6.45, 7) is 0.562. The summed E-state index contributed by atoms with van der Waals surface area (Å²) < 4.78 is 1.87. The molecule has 0 unspecified atom stereocenters. The van der Waals surface area contributed by atoms with E-state index in [1.807, 2.05) is 39.5 Å². The average molecular weight is 403 g/mol. The van der Waals surface area contributed by atoms with E-state index in [1.54, 1.807) is 34.8 Å². The fourth-order valence-corrected chi connectivity index (χ4v) is 4.22. The van der Waals surface area contributed by atoms with Crippen LogP contribution >= 0.6 is 34.3 Å². The number of halogens is 1. The summed E-state index contributed by atoms with van der Waals surface area (Å²) in [7, 11) is 0. The maximum atomic E-state index is 12.1. The number of hydrogen-bond acceptors (Lipinski definition) is 5. The topological polar surface area (TPSA) is 59.3 Å². The summed E-state index contributed by atoms with van der Waals surface area (Å²) in [5, 5.41) is 12.3. The maximum absolute atomic E-state index is 12.1. The molecule has 4 aromatic rings. The second-order valence-electron chi connectivity index (χ2n) is 5.74. The highest BCUT2D eigenvalue weighted by atomic mass is 35.5. The number of aromatic nitrogens is 3. The van der Waals surface area contributed by atoms with Gasteiger partial charge in [-0.1, -0.05) is 29.8 Å². The van der Waals surface area contributed by atoms with Crippen LogP contribution in [0.4, 0.5) is 0 Å². The molecular weight excluding hydrogens is 388 g/mol. The van der Waals surface area contributed by atoms with Crippen molar-refractivity contribution in [1.82, 2.24) is 19.9 Å². The molecule has 0 fully saturated rings. The molecule has 4 rings (SSSR count). The number of nitrogens with one attached hydrogen (secondary N) is 1. The number of thiazole rings is 1. The molecule has 0 aliphatic heterocycles. The van der Waals surface area contributed by atoms with Crippen LogP contribution in [0.25, 0.3) is 15.7 Å². The molecular formula is C18H15ClN4OS2. The number of thiophene rings is 1. The van der Waals surface area contributed by atoms with Gasteiger partial charge < -0.3 is 5.32 Å². The second-order valence-corrected chi connectivity index (χ2v) is 7.96. The van der Waals surface area contributed by atoms with Gasteiger partial charge >= 0.3 is 0 Å². The summed E-state index contributed by atoms with van der Waals surface area (Å²) in [4.78, 5) is 18.6. The first-order chi connectivity index (χ1) is 12.7. The smallest absolute Gasteiger partial charge is 0.224 e. The van der Waals surface area contributed by atoms with Gasteiger partial charge in [0.2, 0.25) is 10.9 Å². The van der Waals surface area contributed by atoms with Gasteiger partial charge in [0.05, 0.1) is 17.0 Å². The number of carbonyl (C=O) groups excluding carboxylic acids is 1. The Morgan fingerprint density at radius 2 is 2.04 bits per heavy atom. The lowest BCUT2D eigenvalue weighted by Gasteiger charge is -2.05. The molecule has 5 nitrogen and oxygen atoms in total. The monoisotopic (exact) mass is 402 g/mol. The van der Waals surface area contributed by atoms with Crippen LogP contribution in [-0.4, -0.2) is 27.0 Å². The molecule has 0 bridgehead atoms. The zero-order valence-electron chi connectivity index (χ0n) is 13.7. The van der Waals surface area contributed by atoms with Crippen LogP contribution in [-0.2, 0) is 17.6 Å². The maximum Gasteiger partial charge on any atom is 0.224 e. The van der Waals surface area contributed by atoms with Crippen molar-refractivity contribution < 1.29 is 4.79 Å². The Balaban J connectivity index is 1.35. The number of carbonyl (C=O) groups is 1. The Bertz CT molecular complexity index is 1020. The van der Waals surface area contributed by atoms with Gasteiger partial charge in [-0.2, -0.15) is 4.98 Å². The second kappa shape index (κ2) is 7.57. The molecule has 0 spiro atoms. The Morgan fingerprint density at radius 1 is 1.19 bits per heavy atom. The van der Waals surface area contributed by atoms with Gasteiger partial charge in [0.1, 0.15) is 0 Å². The molecule has 0 saturated heterocycles. The predicted molar refractivity (Wildman–Crippen MR) is 106 cm³/mol. The molecule has 1 N–H and O–H groups in total. The van der Waals surface area contributed by atoms with Crippen LogP contribution in [0.5, 0.6) is 0 Å². The molecule has 132 valence electrons. The van der Waals surface area contributed by atoms with E-state index in [2.05, 4.69) is 15.4 Å². The van der Waals surface area contributed by atoms with Gasteiger partial charge in [-0.3, -0.25) is 4.79 Å².